The molecule has 0 rings (SSSR count). The molecule has 0 bridgehead atoms. The molecule has 0 heterocycles. The van der Waals surface area contributed by atoms with E-state index in [9.17, 15) is 9.59 Å². The van der Waals surface area contributed by atoms with Crippen LogP contribution in [-0.4, -0.2) is 42.3 Å². The molecule has 0 aromatic carbocycles. The standard InChI is InChI=1S/C12H24N2O4/c1-12(2,3)18-11(17)14-8-6-5-7-9(13-4)10(15)16/h9,13H,5-8H2,1-4H3,(H,14,17)(H,15,16)/t9-/m0/s1/i8D2,9D. The first kappa shape index (κ1) is 11.8. The molecular weight excluding hydrogens is 236 g/mol. The number of aliphatic carboxylic acids is 1. The Morgan fingerprint density at radius 3 is 2.50 bits per heavy atom. The van der Waals surface area contributed by atoms with E-state index >= 15 is 0 Å². The van der Waals surface area contributed by atoms with Crippen molar-refractivity contribution in [2.24, 2.45) is 0 Å². The van der Waals surface area contributed by atoms with Gasteiger partial charge in [-0.15, -0.1) is 0 Å². The number of hydrogen-bond acceptors (Lipinski definition) is 4. The minimum atomic E-state index is -2.03. The van der Waals surface area contributed by atoms with Gasteiger partial charge < -0.3 is 20.5 Å². The van der Waals surface area contributed by atoms with Crippen molar-refractivity contribution in [1.29, 1.82) is 0 Å². The zero-order valence-corrected chi connectivity index (χ0v) is 11.3. The Morgan fingerprint density at radius 2 is 2.06 bits per heavy atom. The van der Waals surface area contributed by atoms with Crippen molar-refractivity contribution >= 4 is 12.1 Å². The topological polar surface area (TPSA) is 87.7 Å². The molecule has 0 aliphatic heterocycles. The SMILES string of the molecule is [2H]C([2H])(CCC[C@]([2H])(NC)C(=O)O)NC(=O)OC(C)(C)C. The summed E-state index contributed by atoms with van der Waals surface area (Å²) in [5.41, 5.74) is -0.730. The van der Waals surface area contributed by atoms with Gasteiger partial charge in [-0.2, -0.15) is 0 Å². The Morgan fingerprint density at radius 1 is 1.44 bits per heavy atom. The van der Waals surface area contributed by atoms with Gasteiger partial charge >= 0.3 is 12.1 Å². The van der Waals surface area contributed by atoms with Gasteiger partial charge in [-0.1, -0.05) is 0 Å². The van der Waals surface area contributed by atoms with Crippen molar-refractivity contribution in [1.82, 2.24) is 10.6 Å². The van der Waals surface area contributed by atoms with Gasteiger partial charge in [0.15, 0.2) is 0 Å². The summed E-state index contributed by atoms with van der Waals surface area (Å²) in [7, 11) is 1.36. The van der Waals surface area contributed by atoms with Gasteiger partial charge in [0.1, 0.15) is 11.6 Å². The highest BCUT2D eigenvalue weighted by molar-refractivity contribution is 5.73. The predicted molar refractivity (Wildman–Crippen MR) is 68.6 cm³/mol. The molecule has 0 aromatic rings. The van der Waals surface area contributed by atoms with Gasteiger partial charge in [0.05, 0.1) is 1.37 Å². The van der Waals surface area contributed by atoms with Crippen LogP contribution >= 0.6 is 0 Å². The van der Waals surface area contributed by atoms with Crippen molar-refractivity contribution in [3.05, 3.63) is 0 Å². The molecule has 0 aliphatic carbocycles. The lowest BCUT2D eigenvalue weighted by Crippen LogP contribution is -2.34. The summed E-state index contributed by atoms with van der Waals surface area (Å²) >= 11 is 0. The van der Waals surface area contributed by atoms with Gasteiger partial charge in [0.25, 0.3) is 0 Å². The molecule has 6 nitrogen and oxygen atoms in total. The molecule has 0 fully saturated rings. The first-order valence-corrected chi connectivity index (χ1v) is 5.75. The third-order valence-corrected chi connectivity index (χ3v) is 1.88. The minimum Gasteiger partial charge on any atom is -0.480 e. The Bertz CT molecular complexity index is 385. The normalized spacial score (nSPS) is 17.9. The number of carboxylic acid groups (broad SMARTS) is 1. The van der Waals surface area contributed by atoms with Crippen LogP contribution in [0.15, 0.2) is 0 Å². The second-order valence-electron chi connectivity index (χ2n) is 4.69. The van der Waals surface area contributed by atoms with Crippen LogP contribution in [0.3, 0.4) is 0 Å². The van der Waals surface area contributed by atoms with E-state index in [1.165, 1.54) is 7.05 Å². The van der Waals surface area contributed by atoms with Crippen LogP contribution in [0.25, 0.3) is 0 Å². The average Bonchev–Trinajstić information content (AvgIpc) is 2.24. The maximum atomic E-state index is 11.5. The van der Waals surface area contributed by atoms with E-state index in [-0.39, 0.29) is 19.3 Å². The van der Waals surface area contributed by atoms with E-state index in [2.05, 4.69) is 10.6 Å². The summed E-state index contributed by atoms with van der Waals surface area (Å²) < 4.78 is 27.9. The van der Waals surface area contributed by atoms with Crippen LogP contribution in [-0.2, 0) is 9.53 Å². The monoisotopic (exact) mass is 263 g/mol. The molecule has 0 aliphatic rings. The molecule has 106 valence electrons. The van der Waals surface area contributed by atoms with E-state index in [0.29, 0.717) is 0 Å². The molecule has 1 atom stereocenters. The van der Waals surface area contributed by atoms with E-state index in [1.54, 1.807) is 20.8 Å². The van der Waals surface area contributed by atoms with Crippen molar-refractivity contribution < 1.29 is 23.5 Å². The molecule has 0 unspecified atom stereocenters. The van der Waals surface area contributed by atoms with Crippen molar-refractivity contribution in [2.75, 3.05) is 13.5 Å². The van der Waals surface area contributed by atoms with Gasteiger partial charge in [-0.3, -0.25) is 4.79 Å². The molecule has 6 heteroatoms. The summed E-state index contributed by atoms with van der Waals surface area (Å²) in [6.07, 6.45) is -0.980. The van der Waals surface area contributed by atoms with Crippen molar-refractivity contribution in [2.45, 2.75) is 51.7 Å². The number of alkyl carbamates (subject to hydrolysis) is 1. The lowest BCUT2D eigenvalue weighted by molar-refractivity contribution is -0.139. The summed E-state index contributed by atoms with van der Waals surface area (Å²) in [6.45, 7) is 2.96. The molecule has 0 spiro atoms. The Kier molecular flexibility index (Phi) is 5.18. The zero-order valence-electron chi connectivity index (χ0n) is 14.3. The maximum absolute atomic E-state index is 11.5. The van der Waals surface area contributed by atoms with E-state index in [0.717, 1.165) is 0 Å². The number of amides is 1. The fraction of sp³-hybridized carbons (Fsp3) is 0.833. The first-order chi connectivity index (χ1) is 9.31. The van der Waals surface area contributed by atoms with Crippen molar-refractivity contribution in [3.63, 3.8) is 0 Å². The minimum absolute atomic E-state index is 0.0889. The molecule has 1 amide bonds. The zero-order chi connectivity index (χ0) is 16.9. The van der Waals surface area contributed by atoms with Gasteiger partial charge in [-0.25, -0.2) is 4.79 Å². The number of carbonyl (C=O) groups is 2. The molecule has 0 saturated carbocycles. The number of likely N-dealkylation sites (N-methyl/N-ethyl adjacent to an activating group) is 1. The van der Waals surface area contributed by atoms with E-state index in [4.69, 9.17) is 14.0 Å². The second kappa shape index (κ2) is 7.92. The third-order valence-electron chi connectivity index (χ3n) is 1.88. The summed E-state index contributed by atoms with van der Waals surface area (Å²) in [5, 5.41) is 13.4. The number of carboxylic acids is 1. The third kappa shape index (κ3) is 8.81. The van der Waals surface area contributed by atoms with Crippen LogP contribution in [0, 0.1) is 0 Å². The predicted octanol–water partition coefficient (Wildman–Crippen LogP) is 1.35. The maximum Gasteiger partial charge on any atom is 0.407 e. The van der Waals surface area contributed by atoms with Crippen LogP contribution in [0.2, 0.25) is 0 Å². The van der Waals surface area contributed by atoms with Crippen LogP contribution < -0.4 is 10.6 Å². The molecule has 3 N–H and O–H groups in total. The average molecular weight is 263 g/mol. The smallest absolute Gasteiger partial charge is 0.407 e. The number of nitrogens with one attached hydrogen (secondary N) is 2. The molecule has 0 aromatic heterocycles. The first-order valence-electron chi connectivity index (χ1n) is 7.25. The van der Waals surface area contributed by atoms with Gasteiger partial charge in [0, 0.05) is 9.24 Å². The van der Waals surface area contributed by atoms with Crippen LogP contribution in [0.5, 0.6) is 0 Å². The molecule has 18 heavy (non-hydrogen) atoms. The fourth-order valence-electron chi connectivity index (χ4n) is 1.13. The number of rotatable bonds is 7. The van der Waals surface area contributed by atoms with Gasteiger partial charge in [-0.05, 0) is 47.1 Å². The molecular formula is C12H24N2O4. The number of hydrogen-bond donors (Lipinski definition) is 3. The second-order valence-corrected chi connectivity index (χ2v) is 4.69. The lowest BCUT2D eigenvalue weighted by Gasteiger charge is -2.19. The van der Waals surface area contributed by atoms with E-state index in [1.807, 2.05) is 0 Å². The highest BCUT2D eigenvalue weighted by Crippen LogP contribution is 2.06. The lowest BCUT2D eigenvalue weighted by atomic mass is 10.1. The Hall–Kier alpha value is -1.30. The fourth-order valence-corrected chi connectivity index (χ4v) is 1.13. The number of ether oxygens (including phenoxy) is 1. The summed E-state index contributed by atoms with van der Waals surface area (Å²) in [5.74, 6) is -1.33. The highest BCUT2D eigenvalue weighted by atomic mass is 16.6. The van der Waals surface area contributed by atoms with E-state index < -0.39 is 30.2 Å². The summed E-state index contributed by atoms with van der Waals surface area (Å²) in [6, 6.07) is -1.86. The summed E-state index contributed by atoms with van der Waals surface area (Å²) in [4.78, 5) is 22.4. The van der Waals surface area contributed by atoms with Crippen LogP contribution in [0.4, 0.5) is 4.79 Å². The quantitative estimate of drug-likeness (QED) is 0.645. The molecule has 0 radical (unpaired) electrons. The highest BCUT2D eigenvalue weighted by Gasteiger charge is 2.16. The van der Waals surface area contributed by atoms with Gasteiger partial charge in [0.2, 0.25) is 0 Å². The molecule has 0 saturated heterocycles. The Balaban J connectivity index is 4.37. The number of carbonyl (C=O) groups excluding carboxylic acids is 1. The largest absolute Gasteiger partial charge is 0.480 e. The van der Waals surface area contributed by atoms with Crippen molar-refractivity contribution in [3.8, 4) is 0 Å². The van der Waals surface area contributed by atoms with Crippen LogP contribution in [0.1, 0.15) is 44.1 Å². The Labute approximate surface area is 112 Å².